The first-order valence-corrected chi connectivity index (χ1v) is 9.70. The second-order valence-corrected chi connectivity index (χ2v) is 7.10. The summed E-state index contributed by atoms with van der Waals surface area (Å²) in [6.45, 7) is 3.53. The van der Waals surface area contributed by atoms with E-state index < -0.39 is 0 Å². The number of carbonyl (C=O) groups excluding carboxylic acids is 1. The third-order valence-corrected chi connectivity index (χ3v) is 5.13. The van der Waals surface area contributed by atoms with Crippen LogP contribution >= 0.6 is 0 Å². The molecule has 0 fully saturated rings. The lowest BCUT2D eigenvalue weighted by atomic mass is 9.97. The quantitative estimate of drug-likeness (QED) is 0.585. The van der Waals surface area contributed by atoms with E-state index in [1.54, 1.807) is 7.11 Å². The number of fused-ring (bicyclic) bond motifs is 1. The van der Waals surface area contributed by atoms with Crippen LogP contribution in [0.5, 0.6) is 5.75 Å². The highest BCUT2D eigenvalue weighted by Crippen LogP contribution is 2.25. The van der Waals surface area contributed by atoms with E-state index in [1.807, 2.05) is 55.5 Å². The highest BCUT2D eigenvalue weighted by Gasteiger charge is 2.15. The number of para-hydroxylation sites is 1. The molecule has 0 saturated heterocycles. The van der Waals surface area contributed by atoms with Gasteiger partial charge in [-0.3, -0.25) is 4.79 Å². The van der Waals surface area contributed by atoms with E-state index in [4.69, 9.17) is 4.74 Å². The maximum absolute atomic E-state index is 12.5. The summed E-state index contributed by atoms with van der Waals surface area (Å²) in [4.78, 5) is 14.8. The molecule has 28 heavy (non-hydrogen) atoms. The van der Waals surface area contributed by atoms with Gasteiger partial charge in [-0.15, -0.1) is 0 Å². The van der Waals surface area contributed by atoms with Gasteiger partial charge in [0.05, 0.1) is 13.0 Å². The lowest BCUT2D eigenvalue weighted by molar-refractivity contribution is -0.122. The smallest absolute Gasteiger partial charge is 0.227 e. The van der Waals surface area contributed by atoms with Gasteiger partial charge in [-0.25, -0.2) is 0 Å². The number of nitrogens with zero attached hydrogens (tertiary/aromatic N) is 1. The van der Waals surface area contributed by atoms with Crippen LogP contribution in [-0.4, -0.2) is 33.2 Å². The van der Waals surface area contributed by atoms with E-state index in [1.165, 1.54) is 5.69 Å². The van der Waals surface area contributed by atoms with Crippen LogP contribution in [0.1, 0.15) is 24.8 Å². The number of amides is 1. The van der Waals surface area contributed by atoms with Crippen molar-refractivity contribution < 1.29 is 9.53 Å². The van der Waals surface area contributed by atoms with Crippen molar-refractivity contribution in [2.75, 3.05) is 32.1 Å². The van der Waals surface area contributed by atoms with Gasteiger partial charge >= 0.3 is 0 Å². The Bertz CT molecular complexity index is 924. The maximum atomic E-state index is 12.5. The minimum Gasteiger partial charge on any atom is -0.497 e. The molecule has 3 rings (SSSR count). The molecule has 0 aliphatic heterocycles. The molecule has 3 aromatic carbocycles. The molecular weight excluding hydrogens is 348 g/mol. The van der Waals surface area contributed by atoms with Crippen LogP contribution in [0.3, 0.4) is 0 Å². The summed E-state index contributed by atoms with van der Waals surface area (Å²) in [6, 6.07) is 22.4. The molecule has 0 aliphatic rings. The van der Waals surface area contributed by atoms with Crippen molar-refractivity contribution >= 4 is 22.4 Å². The summed E-state index contributed by atoms with van der Waals surface area (Å²) in [5.41, 5.74) is 2.21. The molecule has 4 nitrogen and oxygen atoms in total. The normalized spacial score (nSPS) is 11.8. The number of carbonyl (C=O) groups is 1. The number of nitrogens with one attached hydrogen (secondary N) is 1. The Morgan fingerprint density at radius 1 is 1.04 bits per heavy atom. The number of methoxy groups -OCH3 is 1. The molecule has 0 bridgehead atoms. The van der Waals surface area contributed by atoms with Crippen molar-refractivity contribution in [1.29, 1.82) is 0 Å². The zero-order chi connectivity index (χ0) is 19.9. The Labute approximate surface area is 167 Å². The molecule has 146 valence electrons. The monoisotopic (exact) mass is 376 g/mol. The predicted octanol–water partition coefficient (Wildman–Crippen LogP) is 4.59. The van der Waals surface area contributed by atoms with Crippen molar-refractivity contribution in [3.05, 3.63) is 72.3 Å². The number of ether oxygens (including phenoxy) is 1. The summed E-state index contributed by atoms with van der Waals surface area (Å²) >= 11 is 0. The molecular formula is C24H28N2O2. The van der Waals surface area contributed by atoms with Crippen LogP contribution in [0.15, 0.2) is 66.7 Å². The van der Waals surface area contributed by atoms with Crippen molar-refractivity contribution in [2.24, 2.45) is 0 Å². The van der Waals surface area contributed by atoms with Gasteiger partial charge in [0.15, 0.2) is 0 Å². The van der Waals surface area contributed by atoms with Crippen LogP contribution in [0.2, 0.25) is 0 Å². The Kier molecular flexibility index (Phi) is 6.53. The van der Waals surface area contributed by atoms with Gasteiger partial charge in [-0.05, 0) is 53.9 Å². The molecule has 4 heteroatoms. The Balaban J connectivity index is 1.52. The second-order valence-electron chi connectivity index (χ2n) is 7.10. The van der Waals surface area contributed by atoms with Crippen LogP contribution in [0.25, 0.3) is 10.8 Å². The topological polar surface area (TPSA) is 41.6 Å². The van der Waals surface area contributed by atoms with Crippen molar-refractivity contribution in [2.45, 2.75) is 19.3 Å². The second kappa shape index (κ2) is 9.27. The average Bonchev–Trinajstić information content (AvgIpc) is 2.75. The number of rotatable bonds is 8. The van der Waals surface area contributed by atoms with E-state index in [0.717, 1.165) is 35.1 Å². The number of hydrogen-bond donors (Lipinski definition) is 1. The number of hydrogen-bond acceptors (Lipinski definition) is 3. The first-order valence-electron chi connectivity index (χ1n) is 9.70. The molecule has 0 aromatic heterocycles. The molecule has 1 amide bonds. The summed E-state index contributed by atoms with van der Waals surface area (Å²) < 4.78 is 5.27. The fourth-order valence-electron chi connectivity index (χ4n) is 3.28. The van der Waals surface area contributed by atoms with Crippen LogP contribution in [-0.2, 0) is 4.79 Å². The van der Waals surface area contributed by atoms with Gasteiger partial charge < -0.3 is 15.0 Å². The molecule has 0 aliphatic carbocycles. The predicted molar refractivity (Wildman–Crippen MR) is 116 cm³/mol. The van der Waals surface area contributed by atoms with E-state index in [0.29, 0.717) is 6.54 Å². The minimum atomic E-state index is -0.182. The standard InChI is InChI=1S/C24H28N2O2/c1-18(19-10-11-21-17-23(28-3)13-12-20(21)16-19)24(27)25-14-7-15-26(2)22-8-5-4-6-9-22/h4-6,8-13,16-18H,7,14-15H2,1-3H3,(H,25,27)/t18-/m0/s1. The number of anilines is 1. The molecule has 1 N–H and O–H groups in total. The van der Waals surface area contributed by atoms with Gasteiger partial charge in [-0.1, -0.05) is 42.5 Å². The van der Waals surface area contributed by atoms with Crippen molar-refractivity contribution in [3.63, 3.8) is 0 Å². The molecule has 1 atom stereocenters. The minimum absolute atomic E-state index is 0.0650. The Hall–Kier alpha value is -3.01. The van der Waals surface area contributed by atoms with Crippen LogP contribution in [0.4, 0.5) is 5.69 Å². The van der Waals surface area contributed by atoms with Gasteiger partial charge in [0.25, 0.3) is 0 Å². The van der Waals surface area contributed by atoms with E-state index in [9.17, 15) is 4.79 Å². The molecule has 0 unspecified atom stereocenters. The number of benzene rings is 3. The van der Waals surface area contributed by atoms with Crippen molar-refractivity contribution in [3.8, 4) is 5.75 Å². The maximum Gasteiger partial charge on any atom is 0.227 e. The van der Waals surface area contributed by atoms with Gasteiger partial charge in [0.2, 0.25) is 5.91 Å². The molecule has 0 heterocycles. The molecule has 0 radical (unpaired) electrons. The fourth-order valence-corrected chi connectivity index (χ4v) is 3.28. The molecule has 3 aromatic rings. The first kappa shape index (κ1) is 19.7. The van der Waals surface area contributed by atoms with Crippen molar-refractivity contribution in [1.82, 2.24) is 5.32 Å². The zero-order valence-electron chi connectivity index (χ0n) is 16.8. The fraction of sp³-hybridized carbons (Fsp3) is 0.292. The summed E-state index contributed by atoms with van der Waals surface area (Å²) in [7, 11) is 3.74. The lowest BCUT2D eigenvalue weighted by Crippen LogP contribution is -2.31. The van der Waals surface area contributed by atoms with E-state index in [2.05, 4.69) is 35.5 Å². The van der Waals surface area contributed by atoms with E-state index >= 15 is 0 Å². The van der Waals surface area contributed by atoms with E-state index in [-0.39, 0.29) is 11.8 Å². The average molecular weight is 376 g/mol. The third kappa shape index (κ3) is 4.83. The summed E-state index contributed by atoms with van der Waals surface area (Å²) in [5, 5.41) is 5.29. The zero-order valence-corrected chi connectivity index (χ0v) is 16.8. The third-order valence-electron chi connectivity index (χ3n) is 5.13. The highest BCUT2D eigenvalue weighted by molar-refractivity contribution is 5.88. The Morgan fingerprint density at radius 2 is 1.75 bits per heavy atom. The highest BCUT2D eigenvalue weighted by atomic mass is 16.5. The summed E-state index contributed by atoms with van der Waals surface area (Å²) in [6.07, 6.45) is 0.904. The SMILES string of the molecule is COc1ccc2cc([C@H](C)C(=O)NCCCN(C)c3ccccc3)ccc2c1. The van der Waals surface area contributed by atoms with Gasteiger partial charge in [-0.2, -0.15) is 0 Å². The van der Waals surface area contributed by atoms with Gasteiger partial charge in [0.1, 0.15) is 5.75 Å². The Morgan fingerprint density at radius 3 is 2.50 bits per heavy atom. The van der Waals surface area contributed by atoms with Crippen LogP contribution in [0, 0.1) is 0 Å². The van der Waals surface area contributed by atoms with Gasteiger partial charge in [0, 0.05) is 25.8 Å². The lowest BCUT2D eigenvalue weighted by Gasteiger charge is -2.19. The molecule has 0 spiro atoms. The van der Waals surface area contributed by atoms with Crippen LogP contribution < -0.4 is 15.0 Å². The first-order chi connectivity index (χ1) is 13.6. The molecule has 0 saturated carbocycles. The summed E-state index contributed by atoms with van der Waals surface area (Å²) in [5.74, 6) is 0.722. The largest absolute Gasteiger partial charge is 0.497 e.